The number of aliphatic carboxylic acids is 1. The van der Waals surface area contributed by atoms with Gasteiger partial charge in [0.05, 0.1) is 5.56 Å². The van der Waals surface area contributed by atoms with Crippen LogP contribution >= 0.6 is 0 Å². The van der Waals surface area contributed by atoms with Crippen LogP contribution in [0.5, 0.6) is 5.75 Å². The first-order valence-electron chi connectivity index (χ1n) is 13.8. The summed E-state index contributed by atoms with van der Waals surface area (Å²) < 4.78 is 44.3. The number of hydrogen-bond donors (Lipinski definition) is 3. The first-order chi connectivity index (χ1) is 19.8. The molecule has 0 aliphatic carbocycles. The van der Waals surface area contributed by atoms with E-state index in [9.17, 15) is 23.1 Å². The summed E-state index contributed by atoms with van der Waals surface area (Å²) in [6, 6.07) is 12.6. The summed E-state index contributed by atoms with van der Waals surface area (Å²) in [4.78, 5) is 26.1. The number of nitrogens with one attached hydrogen (secondary N) is 2. The number of alkyl halides is 3. The molecular weight excluding hydrogens is 537 g/mol. The highest BCUT2D eigenvalue weighted by Gasteiger charge is 2.31. The topological polar surface area (TPSA) is 112 Å². The van der Waals surface area contributed by atoms with Crippen molar-refractivity contribution in [3.8, 4) is 5.75 Å². The van der Waals surface area contributed by atoms with Gasteiger partial charge in [0, 0.05) is 37.7 Å². The number of carboxylic acids is 1. The Morgan fingerprint density at radius 2 is 1.85 bits per heavy atom. The third-order valence-electron chi connectivity index (χ3n) is 6.84. The SMILES string of the molecule is O=C(O)[C@H](CCN(CCCCc1ccc2c(n1)NCCC2)CCOc1ccccc1)Nc1ncc(C(F)(F)F)cn1. The lowest BCUT2D eigenvalue weighted by atomic mass is 10.1. The van der Waals surface area contributed by atoms with Crippen LogP contribution in [0.15, 0.2) is 54.9 Å². The number of anilines is 2. The van der Waals surface area contributed by atoms with Crippen molar-refractivity contribution in [2.24, 2.45) is 0 Å². The molecule has 0 saturated heterocycles. The third kappa shape index (κ3) is 9.59. The van der Waals surface area contributed by atoms with Crippen LogP contribution in [-0.2, 0) is 23.8 Å². The molecule has 12 heteroatoms. The highest BCUT2D eigenvalue weighted by atomic mass is 19.4. The summed E-state index contributed by atoms with van der Waals surface area (Å²) >= 11 is 0. The average Bonchev–Trinajstić information content (AvgIpc) is 2.97. The molecule has 3 heterocycles. The van der Waals surface area contributed by atoms with Gasteiger partial charge in [-0.1, -0.05) is 24.3 Å². The first kappa shape index (κ1) is 30.0. The number of carbonyl (C=O) groups is 1. The molecule has 0 radical (unpaired) electrons. The molecule has 0 amide bonds. The predicted molar refractivity (Wildman–Crippen MR) is 149 cm³/mol. The van der Waals surface area contributed by atoms with Gasteiger partial charge >= 0.3 is 12.1 Å². The molecule has 1 aromatic carbocycles. The minimum atomic E-state index is -4.57. The quantitative estimate of drug-likeness (QED) is 0.219. The molecule has 9 nitrogen and oxygen atoms in total. The van der Waals surface area contributed by atoms with Crippen LogP contribution in [0.3, 0.4) is 0 Å². The number of rotatable bonds is 15. The van der Waals surface area contributed by atoms with Crippen molar-refractivity contribution in [1.82, 2.24) is 19.9 Å². The smallest absolute Gasteiger partial charge is 0.419 e. The van der Waals surface area contributed by atoms with Crippen LogP contribution in [-0.4, -0.2) is 69.8 Å². The van der Waals surface area contributed by atoms with Gasteiger partial charge in [-0.05, 0) is 68.8 Å². The Kier molecular flexibility index (Phi) is 10.7. The summed E-state index contributed by atoms with van der Waals surface area (Å²) in [6.45, 7) is 3.11. The third-order valence-corrected chi connectivity index (χ3v) is 6.84. The lowest BCUT2D eigenvalue weighted by Crippen LogP contribution is -2.37. The van der Waals surface area contributed by atoms with E-state index in [0.29, 0.717) is 32.1 Å². The Morgan fingerprint density at radius 3 is 2.59 bits per heavy atom. The van der Waals surface area contributed by atoms with Gasteiger partial charge in [-0.3, -0.25) is 4.90 Å². The molecule has 1 atom stereocenters. The number of nitrogens with zero attached hydrogens (tertiary/aromatic N) is 4. The first-order valence-corrected chi connectivity index (χ1v) is 13.8. The highest BCUT2D eigenvalue weighted by molar-refractivity contribution is 5.76. The molecule has 4 rings (SSSR count). The molecule has 2 aromatic heterocycles. The van der Waals surface area contributed by atoms with E-state index in [4.69, 9.17) is 9.72 Å². The Morgan fingerprint density at radius 1 is 1.07 bits per heavy atom. The minimum Gasteiger partial charge on any atom is -0.492 e. The maximum atomic E-state index is 12.8. The number of hydrogen-bond acceptors (Lipinski definition) is 8. The van der Waals surface area contributed by atoms with E-state index < -0.39 is 23.8 Å². The van der Waals surface area contributed by atoms with Crippen molar-refractivity contribution in [2.45, 2.75) is 50.7 Å². The van der Waals surface area contributed by atoms with Crippen molar-refractivity contribution >= 4 is 17.7 Å². The number of aromatic nitrogens is 3. The maximum Gasteiger partial charge on any atom is 0.419 e. The summed E-state index contributed by atoms with van der Waals surface area (Å²) in [5, 5.41) is 15.7. The Balaban J connectivity index is 1.30. The molecule has 0 saturated carbocycles. The Hall–Kier alpha value is -3.93. The van der Waals surface area contributed by atoms with Gasteiger partial charge in [0.1, 0.15) is 24.2 Å². The zero-order chi connectivity index (χ0) is 29.1. The van der Waals surface area contributed by atoms with Crippen molar-refractivity contribution in [2.75, 3.05) is 43.4 Å². The van der Waals surface area contributed by atoms with Gasteiger partial charge in [0.25, 0.3) is 0 Å². The molecular formula is C29H35F3N6O3. The average molecular weight is 573 g/mol. The van der Waals surface area contributed by atoms with Crippen LogP contribution in [0.2, 0.25) is 0 Å². The van der Waals surface area contributed by atoms with Gasteiger partial charge < -0.3 is 20.5 Å². The molecule has 3 N–H and O–H groups in total. The lowest BCUT2D eigenvalue weighted by Gasteiger charge is -2.24. The number of aryl methyl sites for hydroxylation is 2. The molecule has 220 valence electrons. The molecule has 3 aromatic rings. The molecule has 0 unspecified atom stereocenters. The number of fused-ring (bicyclic) bond motifs is 1. The second-order valence-electron chi connectivity index (χ2n) is 9.92. The number of benzene rings is 1. The number of halogens is 3. The fourth-order valence-corrected chi connectivity index (χ4v) is 4.57. The largest absolute Gasteiger partial charge is 0.492 e. The molecule has 1 aliphatic rings. The zero-order valence-electron chi connectivity index (χ0n) is 22.7. The summed E-state index contributed by atoms with van der Waals surface area (Å²) in [6.07, 6.45) is 1.70. The second-order valence-corrected chi connectivity index (χ2v) is 9.92. The van der Waals surface area contributed by atoms with Crippen molar-refractivity contribution in [1.29, 1.82) is 0 Å². The summed E-state index contributed by atoms with van der Waals surface area (Å²) in [5.41, 5.74) is 1.30. The molecule has 41 heavy (non-hydrogen) atoms. The summed E-state index contributed by atoms with van der Waals surface area (Å²) in [7, 11) is 0. The summed E-state index contributed by atoms with van der Waals surface area (Å²) in [5.74, 6) is 0.430. The fourth-order valence-electron chi connectivity index (χ4n) is 4.57. The molecule has 1 aliphatic heterocycles. The molecule has 0 fully saturated rings. The van der Waals surface area contributed by atoms with E-state index in [-0.39, 0.29) is 12.4 Å². The van der Waals surface area contributed by atoms with E-state index in [0.717, 1.165) is 62.5 Å². The second kappa shape index (κ2) is 14.6. The standard InChI is InChI=1S/C29H35F3N6O3/c30-29(31,32)22-19-34-28(35-20-22)37-25(27(39)40)13-16-38(17-18-41-24-9-2-1-3-10-24)15-5-4-8-23-12-11-21-7-6-14-33-26(21)36-23/h1-3,9-12,19-20,25H,4-8,13-18H2,(H,33,36)(H,39,40)(H,34,35,37)/t25-/m0/s1. The van der Waals surface area contributed by atoms with Crippen LogP contribution in [0, 0.1) is 0 Å². The van der Waals surface area contributed by atoms with Gasteiger partial charge in [-0.15, -0.1) is 0 Å². The lowest BCUT2D eigenvalue weighted by molar-refractivity contribution is -0.139. The van der Waals surface area contributed by atoms with Crippen LogP contribution in [0.4, 0.5) is 24.9 Å². The fraction of sp³-hybridized carbons (Fsp3) is 0.448. The van der Waals surface area contributed by atoms with Crippen LogP contribution in [0.25, 0.3) is 0 Å². The van der Waals surface area contributed by atoms with Crippen molar-refractivity contribution < 1.29 is 27.8 Å². The number of carboxylic acid groups (broad SMARTS) is 1. The number of para-hydroxylation sites is 1. The van der Waals surface area contributed by atoms with Gasteiger partial charge in [-0.25, -0.2) is 19.7 Å². The van der Waals surface area contributed by atoms with Gasteiger partial charge in [0.2, 0.25) is 5.95 Å². The van der Waals surface area contributed by atoms with Crippen LogP contribution < -0.4 is 15.4 Å². The monoisotopic (exact) mass is 572 g/mol. The van der Waals surface area contributed by atoms with E-state index in [1.54, 1.807) is 0 Å². The predicted octanol–water partition coefficient (Wildman–Crippen LogP) is 4.91. The number of ether oxygens (including phenoxy) is 1. The van der Waals surface area contributed by atoms with E-state index >= 15 is 0 Å². The van der Waals surface area contributed by atoms with Gasteiger partial charge in [-0.2, -0.15) is 13.2 Å². The molecule has 0 spiro atoms. The van der Waals surface area contributed by atoms with Crippen molar-refractivity contribution in [3.63, 3.8) is 0 Å². The highest BCUT2D eigenvalue weighted by Crippen LogP contribution is 2.28. The van der Waals surface area contributed by atoms with Gasteiger partial charge in [0.15, 0.2) is 0 Å². The maximum absolute atomic E-state index is 12.8. The molecule has 0 bridgehead atoms. The Labute approximate surface area is 237 Å². The zero-order valence-corrected chi connectivity index (χ0v) is 22.7. The number of pyridine rings is 1. The van der Waals surface area contributed by atoms with E-state index in [1.807, 2.05) is 30.3 Å². The van der Waals surface area contributed by atoms with Crippen LogP contribution in [0.1, 0.15) is 42.5 Å². The van der Waals surface area contributed by atoms with E-state index in [1.165, 1.54) is 5.56 Å². The normalized spacial score (nSPS) is 13.8. The van der Waals surface area contributed by atoms with E-state index in [2.05, 4.69) is 37.6 Å². The number of unbranched alkanes of at least 4 members (excludes halogenated alkanes) is 1. The van der Waals surface area contributed by atoms with Crippen molar-refractivity contribution in [3.05, 3.63) is 71.7 Å². The minimum absolute atomic E-state index is 0.170. The Bertz CT molecular complexity index is 1240.